The molecule has 0 aliphatic heterocycles. The van der Waals surface area contributed by atoms with Gasteiger partial charge in [0.15, 0.2) is 0 Å². The van der Waals surface area contributed by atoms with E-state index in [1.54, 1.807) is 0 Å². The van der Waals surface area contributed by atoms with Gasteiger partial charge in [-0.25, -0.2) is 0 Å². The molecule has 1 saturated carbocycles. The highest BCUT2D eigenvalue weighted by Gasteiger charge is 2.35. The van der Waals surface area contributed by atoms with Crippen LogP contribution in [0.1, 0.15) is 34.6 Å². The van der Waals surface area contributed by atoms with Crippen LogP contribution in [0.15, 0.2) is 6.07 Å². The van der Waals surface area contributed by atoms with Gasteiger partial charge in [0.2, 0.25) is 0 Å². The van der Waals surface area contributed by atoms with Crippen LogP contribution < -0.4 is 5.32 Å². The van der Waals surface area contributed by atoms with Crippen molar-refractivity contribution in [2.75, 3.05) is 0 Å². The Morgan fingerprint density at radius 3 is 3.00 bits per heavy atom. The standard InChI is InChI=1S/C13H17NO2S/c15-13(16)12(8-4-5-8)14-7-10-6-9-2-1-3-11(9)17-10/h6,8,12,14H,1-5,7H2,(H,15,16). The quantitative estimate of drug-likeness (QED) is 0.843. The largest absolute Gasteiger partial charge is 0.480 e. The van der Waals surface area contributed by atoms with E-state index in [0.29, 0.717) is 12.5 Å². The topological polar surface area (TPSA) is 49.3 Å². The minimum absolute atomic E-state index is 0.341. The van der Waals surface area contributed by atoms with Crippen LogP contribution in [0.4, 0.5) is 0 Å². The molecule has 92 valence electrons. The third-order valence-corrected chi connectivity index (χ3v) is 4.89. The van der Waals surface area contributed by atoms with Crippen molar-refractivity contribution < 1.29 is 9.90 Å². The van der Waals surface area contributed by atoms with E-state index in [1.165, 1.54) is 34.6 Å². The van der Waals surface area contributed by atoms with Crippen molar-refractivity contribution in [2.45, 2.75) is 44.7 Å². The first-order valence-electron chi connectivity index (χ1n) is 6.30. The number of nitrogens with one attached hydrogen (secondary N) is 1. The van der Waals surface area contributed by atoms with E-state index in [4.69, 9.17) is 5.11 Å². The minimum atomic E-state index is -0.698. The molecule has 2 N–H and O–H groups in total. The Balaban J connectivity index is 1.60. The van der Waals surface area contributed by atoms with Crippen LogP contribution >= 0.6 is 11.3 Å². The number of carbonyl (C=O) groups is 1. The maximum atomic E-state index is 11.1. The van der Waals surface area contributed by atoms with Crippen molar-refractivity contribution in [2.24, 2.45) is 5.92 Å². The first-order chi connectivity index (χ1) is 8.24. The van der Waals surface area contributed by atoms with Crippen molar-refractivity contribution in [1.82, 2.24) is 5.32 Å². The lowest BCUT2D eigenvalue weighted by molar-refractivity contribution is -0.140. The fourth-order valence-corrected chi connectivity index (χ4v) is 3.79. The first-order valence-corrected chi connectivity index (χ1v) is 7.12. The van der Waals surface area contributed by atoms with Gasteiger partial charge in [-0.1, -0.05) is 0 Å². The molecule has 1 aromatic rings. The summed E-state index contributed by atoms with van der Waals surface area (Å²) in [5, 5.41) is 12.3. The monoisotopic (exact) mass is 251 g/mol. The molecule has 3 nitrogen and oxygen atoms in total. The van der Waals surface area contributed by atoms with E-state index in [9.17, 15) is 4.79 Å². The summed E-state index contributed by atoms with van der Waals surface area (Å²) in [6, 6.07) is 1.91. The number of fused-ring (bicyclic) bond motifs is 1. The molecular formula is C13H17NO2S. The van der Waals surface area contributed by atoms with Gasteiger partial charge >= 0.3 is 5.97 Å². The number of rotatable bonds is 5. The summed E-state index contributed by atoms with van der Waals surface area (Å²) in [5.41, 5.74) is 1.49. The molecule has 1 atom stereocenters. The Labute approximate surface area is 105 Å². The van der Waals surface area contributed by atoms with Gasteiger partial charge in [0.05, 0.1) is 0 Å². The van der Waals surface area contributed by atoms with Gasteiger partial charge in [0.25, 0.3) is 0 Å². The fourth-order valence-electron chi connectivity index (χ4n) is 2.57. The molecule has 0 amide bonds. The molecule has 17 heavy (non-hydrogen) atoms. The molecule has 2 aliphatic carbocycles. The Hall–Kier alpha value is -0.870. The van der Waals surface area contributed by atoms with Gasteiger partial charge in [0, 0.05) is 16.3 Å². The second kappa shape index (κ2) is 4.42. The van der Waals surface area contributed by atoms with E-state index in [-0.39, 0.29) is 6.04 Å². The summed E-state index contributed by atoms with van der Waals surface area (Å²) in [7, 11) is 0. The van der Waals surface area contributed by atoms with Gasteiger partial charge in [-0.2, -0.15) is 0 Å². The molecule has 1 unspecified atom stereocenters. The second-order valence-corrected chi connectivity index (χ2v) is 6.27. The van der Waals surface area contributed by atoms with Crippen molar-refractivity contribution in [3.8, 4) is 0 Å². The lowest BCUT2D eigenvalue weighted by Crippen LogP contribution is -2.37. The predicted octanol–water partition coefficient (Wildman–Crippen LogP) is 2.19. The van der Waals surface area contributed by atoms with Gasteiger partial charge in [-0.15, -0.1) is 11.3 Å². The molecule has 0 radical (unpaired) electrons. The zero-order valence-corrected chi connectivity index (χ0v) is 10.6. The van der Waals surface area contributed by atoms with Gasteiger partial charge in [-0.3, -0.25) is 10.1 Å². The highest BCUT2D eigenvalue weighted by Crippen LogP contribution is 2.34. The molecule has 2 aliphatic rings. The van der Waals surface area contributed by atoms with Crippen LogP contribution in [0.2, 0.25) is 0 Å². The van der Waals surface area contributed by atoms with Crippen LogP contribution in [0.5, 0.6) is 0 Å². The maximum Gasteiger partial charge on any atom is 0.320 e. The summed E-state index contributed by atoms with van der Waals surface area (Å²) in [4.78, 5) is 13.9. The Bertz CT molecular complexity index is 415. The van der Waals surface area contributed by atoms with E-state index >= 15 is 0 Å². The number of aliphatic carboxylic acids is 1. The number of hydrogen-bond donors (Lipinski definition) is 2. The molecule has 0 spiro atoms. The lowest BCUT2D eigenvalue weighted by atomic mass is 10.2. The lowest BCUT2D eigenvalue weighted by Gasteiger charge is -2.12. The van der Waals surface area contributed by atoms with E-state index < -0.39 is 5.97 Å². The first kappa shape index (κ1) is 11.2. The summed E-state index contributed by atoms with van der Waals surface area (Å²) in [6.45, 7) is 0.713. The third kappa shape index (κ3) is 2.38. The van der Waals surface area contributed by atoms with Crippen LogP contribution in [0.3, 0.4) is 0 Å². The molecule has 0 saturated heterocycles. The Morgan fingerprint density at radius 2 is 2.35 bits per heavy atom. The molecule has 4 heteroatoms. The number of thiophene rings is 1. The molecule has 3 rings (SSSR count). The SMILES string of the molecule is O=C(O)C(NCc1cc2c(s1)CCC2)C1CC1. The summed E-state index contributed by atoms with van der Waals surface area (Å²) < 4.78 is 0. The fraction of sp³-hybridized carbons (Fsp3) is 0.615. The molecular weight excluding hydrogens is 234 g/mol. The van der Waals surface area contributed by atoms with E-state index in [0.717, 1.165) is 12.8 Å². The van der Waals surface area contributed by atoms with E-state index in [2.05, 4.69) is 11.4 Å². The van der Waals surface area contributed by atoms with Crippen molar-refractivity contribution in [3.05, 3.63) is 21.4 Å². The highest BCUT2D eigenvalue weighted by molar-refractivity contribution is 7.12. The maximum absolute atomic E-state index is 11.1. The van der Waals surface area contributed by atoms with Crippen molar-refractivity contribution in [3.63, 3.8) is 0 Å². The smallest absolute Gasteiger partial charge is 0.320 e. The second-order valence-electron chi connectivity index (χ2n) is 5.05. The molecule has 1 aromatic heterocycles. The highest BCUT2D eigenvalue weighted by atomic mass is 32.1. The van der Waals surface area contributed by atoms with Gasteiger partial charge in [0.1, 0.15) is 6.04 Å². The normalized spacial score (nSPS) is 20.2. The predicted molar refractivity (Wildman–Crippen MR) is 67.3 cm³/mol. The average molecular weight is 251 g/mol. The Morgan fingerprint density at radius 1 is 1.53 bits per heavy atom. The summed E-state index contributed by atoms with van der Waals surface area (Å²) >= 11 is 1.85. The summed E-state index contributed by atoms with van der Waals surface area (Å²) in [6.07, 6.45) is 5.83. The molecule has 1 heterocycles. The van der Waals surface area contributed by atoms with Crippen molar-refractivity contribution >= 4 is 17.3 Å². The number of carboxylic acids is 1. The van der Waals surface area contributed by atoms with Crippen LogP contribution in [-0.4, -0.2) is 17.1 Å². The van der Waals surface area contributed by atoms with Crippen LogP contribution in [-0.2, 0) is 24.2 Å². The number of carboxylic acid groups (broad SMARTS) is 1. The Kier molecular flexibility index (Phi) is 2.92. The van der Waals surface area contributed by atoms with Crippen LogP contribution in [0, 0.1) is 5.92 Å². The molecule has 1 fully saturated rings. The van der Waals surface area contributed by atoms with Gasteiger partial charge < -0.3 is 5.11 Å². The van der Waals surface area contributed by atoms with Crippen molar-refractivity contribution in [1.29, 1.82) is 0 Å². The number of aryl methyl sites for hydroxylation is 2. The van der Waals surface area contributed by atoms with Crippen LogP contribution in [0.25, 0.3) is 0 Å². The summed E-state index contributed by atoms with van der Waals surface area (Å²) in [5.74, 6) is -0.337. The van der Waals surface area contributed by atoms with Gasteiger partial charge in [-0.05, 0) is 49.7 Å². The number of hydrogen-bond acceptors (Lipinski definition) is 3. The average Bonchev–Trinajstić information content (AvgIpc) is 2.86. The third-order valence-electron chi connectivity index (χ3n) is 3.65. The minimum Gasteiger partial charge on any atom is -0.480 e. The molecule has 0 bridgehead atoms. The zero-order chi connectivity index (χ0) is 11.8. The molecule has 0 aromatic carbocycles. The van der Waals surface area contributed by atoms with E-state index in [1.807, 2.05) is 11.3 Å². The zero-order valence-electron chi connectivity index (χ0n) is 9.74.